The Morgan fingerprint density at radius 1 is 0.333 bits per heavy atom. The molecule has 0 aromatic heterocycles. The number of hydrogen-bond donors (Lipinski definition) is 0. The summed E-state index contributed by atoms with van der Waals surface area (Å²) < 4.78 is 0. The SMILES string of the molecule is CCCCCCCCCCCCCCCCCC(=O)[O-].CCCCCCCCCCCCCCCCCC(=O)[O-].[Ca+2].[Mg+2]. The zero-order valence-electron chi connectivity index (χ0n) is 28.7. The Morgan fingerprint density at radius 3 is 0.619 bits per heavy atom. The first-order chi connectivity index (χ1) is 19.5. The van der Waals surface area contributed by atoms with E-state index < -0.39 is 11.9 Å². The Balaban J connectivity index is -0.000000328. The molecule has 0 saturated heterocycles. The van der Waals surface area contributed by atoms with Crippen molar-refractivity contribution in [3.63, 3.8) is 0 Å². The van der Waals surface area contributed by atoms with E-state index in [4.69, 9.17) is 0 Å². The van der Waals surface area contributed by atoms with E-state index in [0.717, 1.165) is 25.7 Å². The van der Waals surface area contributed by atoms with Crippen molar-refractivity contribution in [1.82, 2.24) is 0 Å². The van der Waals surface area contributed by atoms with Gasteiger partial charge in [0.15, 0.2) is 0 Å². The van der Waals surface area contributed by atoms with E-state index in [1.54, 1.807) is 0 Å². The summed E-state index contributed by atoms with van der Waals surface area (Å²) in [5, 5.41) is 20.4. The molecule has 0 aromatic rings. The molecule has 0 heterocycles. The first-order valence-corrected chi connectivity index (χ1v) is 17.9. The quantitative estimate of drug-likeness (QED) is 0.0548. The van der Waals surface area contributed by atoms with Gasteiger partial charge in [0, 0.05) is 11.9 Å². The number of carboxylic acid groups (broad SMARTS) is 2. The molecule has 6 heteroatoms. The zero-order chi connectivity index (χ0) is 29.8. The van der Waals surface area contributed by atoms with Gasteiger partial charge in [-0.3, -0.25) is 0 Å². The van der Waals surface area contributed by atoms with Crippen LogP contribution in [-0.4, -0.2) is 72.7 Å². The van der Waals surface area contributed by atoms with Gasteiger partial charge < -0.3 is 19.8 Å². The average Bonchev–Trinajstić information content (AvgIpc) is 2.93. The zero-order valence-corrected chi connectivity index (χ0v) is 32.3. The smallest absolute Gasteiger partial charge is 0.550 e. The van der Waals surface area contributed by atoms with Crippen LogP contribution in [0.3, 0.4) is 0 Å². The third-order valence-corrected chi connectivity index (χ3v) is 7.97. The van der Waals surface area contributed by atoms with Crippen LogP contribution in [0, 0.1) is 0 Å². The normalized spacial score (nSPS) is 10.3. The van der Waals surface area contributed by atoms with Crippen LogP contribution in [0.25, 0.3) is 0 Å². The molecular formula is C36H70CaMgO4+2. The molecule has 4 nitrogen and oxygen atoms in total. The van der Waals surface area contributed by atoms with Crippen molar-refractivity contribution in [1.29, 1.82) is 0 Å². The number of carboxylic acids is 2. The first kappa shape index (κ1) is 49.8. The Labute approximate surface area is 309 Å². The molecular weight excluding hydrogens is 561 g/mol. The summed E-state index contributed by atoms with van der Waals surface area (Å²) in [7, 11) is 0. The van der Waals surface area contributed by atoms with Crippen LogP contribution in [-0.2, 0) is 9.59 Å². The van der Waals surface area contributed by atoms with E-state index in [1.807, 2.05) is 0 Å². The van der Waals surface area contributed by atoms with Crippen molar-refractivity contribution < 1.29 is 19.8 Å². The number of aliphatic carboxylic acids is 2. The number of carbonyl (C=O) groups is 2. The molecule has 0 amide bonds. The number of unbranched alkanes of at least 4 members (excludes halogenated alkanes) is 28. The van der Waals surface area contributed by atoms with Crippen LogP contribution in [0.2, 0.25) is 0 Å². The second kappa shape index (κ2) is 46.4. The summed E-state index contributed by atoms with van der Waals surface area (Å²) in [5.74, 6) is -1.81. The molecule has 0 unspecified atom stereocenters. The standard InChI is InChI=1S/2C18H36O2.Ca.Mg/c2*1-2-3-4-5-6-7-8-9-10-11-12-13-14-15-16-17-18(19)20;;/h2*2-17H2,1H3,(H,19,20);;/q;;2*+2/p-2. The van der Waals surface area contributed by atoms with Crippen LogP contribution in [0.5, 0.6) is 0 Å². The molecule has 0 atom stereocenters. The number of rotatable bonds is 32. The Kier molecular flexibility index (Phi) is 55.0. The van der Waals surface area contributed by atoms with Gasteiger partial charge in [0.25, 0.3) is 0 Å². The molecule has 0 radical (unpaired) electrons. The predicted molar refractivity (Wildman–Crippen MR) is 181 cm³/mol. The van der Waals surface area contributed by atoms with Crippen molar-refractivity contribution in [2.45, 2.75) is 219 Å². The maximum Gasteiger partial charge on any atom is 2.00 e. The second-order valence-electron chi connectivity index (χ2n) is 12.1. The van der Waals surface area contributed by atoms with Gasteiger partial charge in [0.05, 0.1) is 0 Å². The maximum atomic E-state index is 10.2. The minimum atomic E-state index is -0.903. The molecule has 0 fully saturated rings. The van der Waals surface area contributed by atoms with E-state index >= 15 is 0 Å². The van der Waals surface area contributed by atoms with Crippen molar-refractivity contribution in [2.24, 2.45) is 0 Å². The molecule has 0 spiro atoms. The van der Waals surface area contributed by atoms with Crippen molar-refractivity contribution in [3.8, 4) is 0 Å². The maximum absolute atomic E-state index is 10.2. The van der Waals surface area contributed by atoms with Gasteiger partial charge in [-0.25, -0.2) is 0 Å². The number of carbonyl (C=O) groups excluding carboxylic acids is 2. The van der Waals surface area contributed by atoms with Crippen molar-refractivity contribution in [2.75, 3.05) is 0 Å². The monoisotopic (exact) mass is 630 g/mol. The Bertz CT molecular complexity index is 461. The van der Waals surface area contributed by atoms with Crippen molar-refractivity contribution in [3.05, 3.63) is 0 Å². The average molecular weight is 631 g/mol. The molecule has 0 aromatic carbocycles. The first-order valence-electron chi connectivity index (χ1n) is 17.9. The van der Waals surface area contributed by atoms with E-state index in [1.165, 1.54) is 167 Å². The largest absolute Gasteiger partial charge is 2.00 e. The van der Waals surface area contributed by atoms with Gasteiger partial charge in [0.2, 0.25) is 0 Å². The minimum absolute atomic E-state index is 0. The molecule has 42 heavy (non-hydrogen) atoms. The summed E-state index contributed by atoms with van der Waals surface area (Å²) in [4.78, 5) is 20.4. The third kappa shape index (κ3) is 53.5. The molecule has 240 valence electrons. The van der Waals surface area contributed by atoms with Gasteiger partial charge in [-0.15, -0.1) is 0 Å². The predicted octanol–water partition coefficient (Wildman–Crippen LogP) is 9.23. The Morgan fingerprint density at radius 2 is 0.476 bits per heavy atom. The fraction of sp³-hybridized carbons (Fsp3) is 0.944. The van der Waals surface area contributed by atoms with E-state index in [2.05, 4.69) is 13.8 Å². The van der Waals surface area contributed by atoms with E-state index in [0.29, 0.717) is 0 Å². The van der Waals surface area contributed by atoms with E-state index in [9.17, 15) is 19.8 Å². The van der Waals surface area contributed by atoms with Gasteiger partial charge >= 0.3 is 60.8 Å². The molecule has 0 N–H and O–H groups in total. The van der Waals surface area contributed by atoms with Crippen molar-refractivity contribution >= 4 is 72.7 Å². The van der Waals surface area contributed by atoms with Gasteiger partial charge in [0.1, 0.15) is 0 Å². The second-order valence-corrected chi connectivity index (χ2v) is 12.1. The molecule has 0 bridgehead atoms. The fourth-order valence-corrected chi connectivity index (χ4v) is 5.28. The number of hydrogen-bond acceptors (Lipinski definition) is 4. The summed E-state index contributed by atoms with van der Waals surface area (Å²) in [6.07, 6.45) is 39.7. The summed E-state index contributed by atoms with van der Waals surface area (Å²) in [6, 6.07) is 0. The van der Waals surface area contributed by atoms with Crippen LogP contribution in [0.1, 0.15) is 219 Å². The van der Waals surface area contributed by atoms with Crippen LogP contribution >= 0.6 is 0 Å². The van der Waals surface area contributed by atoms with E-state index in [-0.39, 0.29) is 73.6 Å². The molecule has 0 aliphatic rings. The van der Waals surface area contributed by atoms with Gasteiger partial charge in [-0.2, -0.15) is 0 Å². The fourth-order valence-electron chi connectivity index (χ4n) is 5.28. The van der Waals surface area contributed by atoms with Gasteiger partial charge in [-0.1, -0.05) is 194 Å². The van der Waals surface area contributed by atoms with Gasteiger partial charge in [-0.05, 0) is 25.7 Å². The molecule has 0 aliphatic heterocycles. The van der Waals surface area contributed by atoms with Crippen LogP contribution in [0.4, 0.5) is 0 Å². The molecule has 0 aliphatic carbocycles. The summed E-state index contributed by atoms with van der Waals surface area (Å²) in [6.45, 7) is 4.53. The van der Waals surface area contributed by atoms with Crippen LogP contribution < -0.4 is 10.2 Å². The Hall–Kier alpha value is 0.966. The molecule has 0 rings (SSSR count). The topological polar surface area (TPSA) is 80.3 Å². The summed E-state index contributed by atoms with van der Waals surface area (Å²) >= 11 is 0. The summed E-state index contributed by atoms with van der Waals surface area (Å²) in [5.41, 5.74) is 0. The van der Waals surface area contributed by atoms with Crippen LogP contribution in [0.15, 0.2) is 0 Å². The molecule has 0 saturated carbocycles. The minimum Gasteiger partial charge on any atom is -0.550 e. The third-order valence-electron chi connectivity index (χ3n) is 7.97.